The van der Waals surface area contributed by atoms with Crippen molar-refractivity contribution in [3.05, 3.63) is 0 Å². The molecule has 0 aliphatic rings. The maximum atomic E-state index is 9.09. The fourth-order valence-corrected chi connectivity index (χ4v) is 0. The van der Waals surface area contributed by atoms with Crippen LogP contribution in [0.2, 0.25) is 0 Å². The predicted octanol–water partition coefficient (Wildman–Crippen LogP) is -1.72. The molecular weight excluding hydrogens is 216 g/mol. The molecule has 0 aromatic rings. The normalized spacial score (nSPS) is 16.9. The van der Waals surface area contributed by atoms with E-state index in [0.717, 1.165) is 0 Å². The van der Waals surface area contributed by atoms with Crippen molar-refractivity contribution in [2.45, 2.75) is 0 Å². The van der Waals surface area contributed by atoms with Crippen molar-refractivity contribution < 1.29 is 17.5 Å². The molecule has 0 bridgehead atoms. The second-order valence-electron chi connectivity index (χ2n) is 0.408. The monoisotopic (exact) mass is 216 g/mol. The van der Waals surface area contributed by atoms with Gasteiger partial charge in [0.25, 0.3) is 0 Å². The second-order valence-corrected chi connectivity index (χ2v) is 2.86. The van der Waals surface area contributed by atoms with E-state index in [4.69, 9.17) is 17.5 Å². The van der Waals surface area contributed by atoms with Gasteiger partial charge in [0.2, 0.25) is 0 Å². The van der Waals surface area contributed by atoms with Crippen molar-refractivity contribution in [1.82, 2.24) is 0 Å². The van der Waals surface area contributed by atoms with Crippen LogP contribution in [0.3, 0.4) is 0 Å². The minimum atomic E-state index is -2.95. The fraction of sp³-hybridized carbons (Fsp3) is 0. The third-order valence-electron chi connectivity index (χ3n) is 0.111. The molecule has 0 aliphatic carbocycles. The van der Waals surface area contributed by atoms with Crippen LogP contribution in [-0.4, -0.2) is 63.0 Å². The molecule has 0 aliphatic heterocycles. The summed E-state index contributed by atoms with van der Waals surface area (Å²) in [7, 11) is -5.90. The van der Waals surface area contributed by atoms with E-state index in [1.54, 1.807) is 0 Å². The predicted molar refractivity (Wildman–Crippen MR) is 23.6 cm³/mol. The van der Waals surface area contributed by atoms with Gasteiger partial charge in [-0.15, -0.1) is 0 Å². The molecule has 0 amide bonds. The van der Waals surface area contributed by atoms with Crippen molar-refractivity contribution in [2.24, 2.45) is 0 Å². The Bertz CT molecular complexity index is 75.7. The minimum absolute atomic E-state index is 0. The molecule has 2 unspecified atom stereocenters. The van der Waals surface area contributed by atoms with Gasteiger partial charge in [0.1, 0.15) is 0 Å². The first-order valence-corrected chi connectivity index (χ1v) is 3.50. The molecule has 38 valence electrons. The van der Waals surface area contributed by atoms with Crippen molar-refractivity contribution in [3.8, 4) is 0 Å². The summed E-state index contributed by atoms with van der Waals surface area (Å²) in [5.41, 5.74) is 0. The van der Waals surface area contributed by atoms with E-state index < -0.39 is 20.2 Å². The molecule has 7 heavy (non-hydrogen) atoms. The van der Waals surface area contributed by atoms with Crippen molar-refractivity contribution in [3.63, 3.8) is 0 Å². The molecule has 0 rings (SSSR count). The van der Waals surface area contributed by atoms with Crippen LogP contribution in [0.15, 0.2) is 0 Å². The Morgan fingerprint density at radius 3 is 1.14 bits per heavy atom. The second kappa shape index (κ2) is 5.83. The Morgan fingerprint density at radius 2 is 1.14 bits per heavy atom. The fourth-order valence-electron chi connectivity index (χ4n) is 0. The van der Waals surface area contributed by atoms with Gasteiger partial charge in [-0.05, 0) is 0 Å². The van der Waals surface area contributed by atoms with E-state index in [0.29, 0.717) is 0 Å². The maximum absolute atomic E-state index is 9.09. The van der Waals surface area contributed by atoms with Gasteiger partial charge >= 0.3 is 45.5 Å². The molecule has 2 atom stereocenters. The van der Waals surface area contributed by atoms with E-state index in [2.05, 4.69) is 0 Å². The summed E-state index contributed by atoms with van der Waals surface area (Å²) in [5.74, 6) is 0. The SMILES string of the molecule is O=S([O-])S(=O)[O-].[Sr+2]. The van der Waals surface area contributed by atoms with Gasteiger partial charge in [-0.2, -0.15) is 0 Å². The Balaban J connectivity index is 0. The molecule has 0 heterocycles. The molecule has 0 saturated carbocycles. The van der Waals surface area contributed by atoms with Crippen molar-refractivity contribution in [2.75, 3.05) is 0 Å². The first-order valence-electron chi connectivity index (χ1n) is 0.833. The largest absolute Gasteiger partial charge is 2.00 e. The molecule has 0 saturated heterocycles. The zero-order valence-corrected chi connectivity index (χ0v) is 8.27. The average molecular weight is 216 g/mol. The average Bonchev–Trinajstić information content (AvgIpc) is 1.36. The first-order chi connectivity index (χ1) is 2.64. The molecule has 7 heteroatoms. The van der Waals surface area contributed by atoms with Crippen LogP contribution in [0, 0.1) is 0 Å². The van der Waals surface area contributed by atoms with E-state index in [1.165, 1.54) is 0 Å². The quantitative estimate of drug-likeness (QED) is 0.296. The van der Waals surface area contributed by atoms with Crippen molar-refractivity contribution >= 4 is 65.7 Å². The number of rotatable bonds is 1. The van der Waals surface area contributed by atoms with Crippen LogP contribution in [0.5, 0.6) is 0 Å². The van der Waals surface area contributed by atoms with Crippen LogP contribution in [0.1, 0.15) is 0 Å². The van der Waals surface area contributed by atoms with E-state index in [1.807, 2.05) is 0 Å². The van der Waals surface area contributed by atoms with E-state index >= 15 is 0 Å². The molecule has 0 radical (unpaired) electrons. The molecule has 0 N–H and O–H groups in total. The molecule has 0 spiro atoms. The molecule has 0 aromatic carbocycles. The van der Waals surface area contributed by atoms with Crippen LogP contribution >= 0.6 is 0 Å². The Labute approximate surface area is 81.9 Å². The van der Waals surface area contributed by atoms with Gasteiger partial charge in [-0.1, -0.05) is 0 Å². The molecule has 0 aromatic heterocycles. The Hall–Kier alpha value is 1.70. The topological polar surface area (TPSA) is 80.3 Å². The standard InChI is InChI=1S/H2O4S2.Sr/c1-5(2)6(3)4;/h(H,1,2)(H,3,4);/q;+2/p-2. The van der Waals surface area contributed by atoms with E-state index in [-0.39, 0.29) is 45.5 Å². The maximum Gasteiger partial charge on any atom is 2.00 e. The van der Waals surface area contributed by atoms with Gasteiger partial charge in [0.15, 0.2) is 0 Å². The molecule has 4 nitrogen and oxygen atoms in total. The summed E-state index contributed by atoms with van der Waals surface area (Å²) in [6.45, 7) is 0. The first kappa shape index (κ1) is 11.5. The zero-order chi connectivity index (χ0) is 5.15. The van der Waals surface area contributed by atoms with Gasteiger partial charge in [-0.3, -0.25) is 8.42 Å². The van der Waals surface area contributed by atoms with Crippen LogP contribution in [0.25, 0.3) is 0 Å². The smallest absolute Gasteiger partial charge is 0.763 e. The Kier molecular flexibility index (Phi) is 9.57. The minimum Gasteiger partial charge on any atom is -0.763 e. The van der Waals surface area contributed by atoms with Crippen LogP contribution < -0.4 is 0 Å². The van der Waals surface area contributed by atoms with Gasteiger partial charge in [0.05, 0.1) is 0 Å². The summed E-state index contributed by atoms with van der Waals surface area (Å²) in [4.78, 5) is 0. The van der Waals surface area contributed by atoms with Crippen LogP contribution in [0.4, 0.5) is 0 Å². The summed E-state index contributed by atoms with van der Waals surface area (Å²) in [6.07, 6.45) is 0. The number of hydrogen-bond acceptors (Lipinski definition) is 4. The third kappa shape index (κ3) is 7.70. The van der Waals surface area contributed by atoms with E-state index in [9.17, 15) is 0 Å². The van der Waals surface area contributed by atoms with Gasteiger partial charge < -0.3 is 9.11 Å². The van der Waals surface area contributed by atoms with Crippen molar-refractivity contribution in [1.29, 1.82) is 0 Å². The summed E-state index contributed by atoms with van der Waals surface area (Å²) in [5, 5.41) is 0. The van der Waals surface area contributed by atoms with Gasteiger partial charge in [-0.25, -0.2) is 0 Å². The summed E-state index contributed by atoms with van der Waals surface area (Å²) in [6, 6.07) is 0. The number of hydrogen-bond donors (Lipinski definition) is 0. The molecule has 0 fully saturated rings. The third-order valence-corrected chi connectivity index (χ3v) is 1.00. The Morgan fingerprint density at radius 1 is 1.00 bits per heavy atom. The van der Waals surface area contributed by atoms with Gasteiger partial charge in [0, 0.05) is 20.2 Å². The van der Waals surface area contributed by atoms with Crippen LogP contribution in [-0.2, 0) is 20.2 Å². The molecular formula is O4S2Sr. The summed E-state index contributed by atoms with van der Waals surface area (Å²) < 4.78 is 36.3. The zero-order valence-electron chi connectivity index (χ0n) is 3.16. The summed E-state index contributed by atoms with van der Waals surface area (Å²) >= 11 is 0.